The van der Waals surface area contributed by atoms with Crippen LogP contribution in [0.25, 0.3) is 0 Å². The van der Waals surface area contributed by atoms with E-state index in [4.69, 9.17) is 0 Å². The Morgan fingerprint density at radius 2 is 1.62 bits per heavy atom. The molecular formula is C21H27N3O2. The maximum atomic E-state index is 13.0. The first-order chi connectivity index (χ1) is 12.2. The first-order valence-corrected chi connectivity index (χ1v) is 8.82. The van der Waals surface area contributed by atoms with Crippen molar-refractivity contribution in [2.24, 2.45) is 0 Å². The first-order valence-electron chi connectivity index (χ1n) is 8.82. The number of amides is 2. The summed E-state index contributed by atoms with van der Waals surface area (Å²) in [6.07, 6.45) is 0. The van der Waals surface area contributed by atoms with Crippen LogP contribution in [0.4, 0.5) is 0 Å². The lowest BCUT2D eigenvalue weighted by atomic mass is 10.1. The number of pyridine rings is 1. The minimum absolute atomic E-state index is 0.0107. The van der Waals surface area contributed by atoms with E-state index in [-0.39, 0.29) is 34.8 Å². The molecule has 0 saturated heterocycles. The molecule has 26 heavy (non-hydrogen) atoms. The molecule has 0 aliphatic heterocycles. The van der Waals surface area contributed by atoms with Gasteiger partial charge in [0, 0.05) is 18.1 Å². The molecule has 0 saturated carbocycles. The summed E-state index contributed by atoms with van der Waals surface area (Å²) in [5.74, 6) is -0.472. The zero-order chi connectivity index (χ0) is 19.3. The van der Waals surface area contributed by atoms with Crippen LogP contribution < -0.4 is 5.32 Å². The van der Waals surface area contributed by atoms with Crippen molar-refractivity contribution < 1.29 is 9.59 Å². The number of benzene rings is 1. The third kappa shape index (κ3) is 5.41. The Kier molecular flexibility index (Phi) is 6.14. The Balaban J connectivity index is 2.23. The first kappa shape index (κ1) is 19.6. The number of hydrogen-bond donors (Lipinski definition) is 1. The number of carbonyl (C=O) groups is 2. The molecule has 2 aromatic rings. The van der Waals surface area contributed by atoms with Crippen LogP contribution in [0.3, 0.4) is 0 Å². The summed E-state index contributed by atoms with van der Waals surface area (Å²) >= 11 is 0. The van der Waals surface area contributed by atoms with E-state index in [0.717, 1.165) is 5.56 Å². The highest BCUT2D eigenvalue weighted by molar-refractivity contribution is 5.96. The molecule has 138 valence electrons. The van der Waals surface area contributed by atoms with Crippen molar-refractivity contribution in [1.82, 2.24) is 15.2 Å². The monoisotopic (exact) mass is 353 g/mol. The van der Waals surface area contributed by atoms with Gasteiger partial charge in [-0.3, -0.25) is 9.59 Å². The predicted molar refractivity (Wildman–Crippen MR) is 103 cm³/mol. The lowest BCUT2D eigenvalue weighted by Gasteiger charge is -2.27. The number of rotatable bonds is 5. The van der Waals surface area contributed by atoms with Crippen molar-refractivity contribution in [2.75, 3.05) is 0 Å². The number of hydrogen-bond acceptors (Lipinski definition) is 3. The molecule has 5 heteroatoms. The summed E-state index contributed by atoms with van der Waals surface area (Å²) in [5, 5.41) is 2.87. The van der Waals surface area contributed by atoms with E-state index in [1.807, 2.05) is 65.0 Å². The number of carbonyl (C=O) groups excluding carboxylic acids is 2. The lowest BCUT2D eigenvalue weighted by Crippen LogP contribution is -2.41. The molecule has 0 aliphatic carbocycles. The largest absolute Gasteiger partial charge is 0.346 e. The molecule has 0 unspecified atom stereocenters. The molecule has 2 amide bonds. The Bertz CT molecular complexity index is 764. The van der Waals surface area contributed by atoms with Crippen molar-refractivity contribution in [3.8, 4) is 0 Å². The Morgan fingerprint density at radius 3 is 2.19 bits per heavy atom. The normalized spacial score (nSPS) is 11.3. The van der Waals surface area contributed by atoms with Gasteiger partial charge in [0.25, 0.3) is 11.8 Å². The van der Waals surface area contributed by atoms with Crippen LogP contribution in [-0.4, -0.2) is 33.3 Å². The van der Waals surface area contributed by atoms with Crippen LogP contribution in [0, 0.1) is 0 Å². The number of nitrogens with zero attached hydrogens (tertiary/aromatic N) is 2. The Morgan fingerprint density at radius 1 is 1.00 bits per heavy atom. The zero-order valence-electron chi connectivity index (χ0n) is 16.1. The summed E-state index contributed by atoms with van der Waals surface area (Å²) in [5.41, 5.74) is 1.21. The van der Waals surface area contributed by atoms with Gasteiger partial charge in [0.05, 0.1) is 0 Å². The van der Waals surface area contributed by atoms with E-state index in [9.17, 15) is 9.59 Å². The summed E-state index contributed by atoms with van der Waals surface area (Å²) in [7, 11) is 0. The zero-order valence-corrected chi connectivity index (χ0v) is 16.1. The van der Waals surface area contributed by atoms with E-state index < -0.39 is 0 Å². The van der Waals surface area contributed by atoms with Crippen molar-refractivity contribution in [3.05, 3.63) is 65.5 Å². The topological polar surface area (TPSA) is 62.3 Å². The molecule has 0 spiro atoms. The fourth-order valence-corrected chi connectivity index (χ4v) is 2.50. The van der Waals surface area contributed by atoms with Crippen LogP contribution in [0.5, 0.6) is 0 Å². The SMILES string of the molecule is CC(C)N(Cc1ccccc1)C(=O)c1cccc(C(=O)NC(C)(C)C)n1. The van der Waals surface area contributed by atoms with E-state index in [2.05, 4.69) is 10.3 Å². The van der Waals surface area contributed by atoms with Crippen molar-refractivity contribution in [3.63, 3.8) is 0 Å². The minimum atomic E-state index is -0.365. The predicted octanol–water partition coefficient (Wildman–Crippen LogP) is 3.66. The third-order valence-corrected chi connectivity index (χ3v) is 3.77. The van der Waals surface area contributed by atoms with Crippen LogP contribution in [0.15, 0.2) is 48.5 Å². The average Bonchev–Trinajstić information content (AvgIpc) is 2.58. The lowest BCUT2D eigenvalue weighted by molar-refractivity contribution is 0.0684. The fourth-order valence-electron chi connectivity index (χ4n) is 2.50. The van der Waals surface area contributed by atoms with Gasteiger partial charge in [-0.2, -0.15) is 0 Å². The van der Waals surface area contributed by atoms with E-state index >= 15 is 0 Å². The molecule has 1 heterocycles. The van der Waals surface area contributed by atoms with Crippen LogP contribution in [0.2, 0.25) is 0 Å². The Labute approximate surface area is 155 Å². The highest BCUT2D eigenvalue weighted by Crippen LogP contribution is 2.13. The molecule has 0 atom stereocenters. The number of nitrogens with one attached hydrogen (secondary N) is 1. The van der Waals surface area contributed by atoms with Gasteiger partial charge >= 0.3 is 0 Å². The third-order valence-electron chi connectivity index (χ3n) is 3.77. The second-order valence-corrected chi connectivity index (χ2v) is 7.62. The molecular weight excluding hydrogens is 326 g/mol. The van der Waals surface area contributed by atoms with Crippen molar-refractivity contribution >= 4 is 11.8 Å². The molecule has 0 aliphatic rings. The maximum Gasteiger partial charge on any atom is 0.273 e. The van der Waals surface area contributed by atoms with Crippen LogP contribution >= 0.6 is 0 Å². The molecule has 5 nitrogen and oxygen atoms in total. The van der Waals surface area contributed by atoms with Gasteiger partial charge in [0.15, 0.2) is 0 Å². The van der Waals surface area contributed by atoms with Crippen molar-refractivity contribution in [2.45, 2.75) is 52.7 Å². The minimum Gasteiger partial charge on any atom is -0.346 e. The van der Waals surface area contributed by atoms with Crippen LogP contribution in [-0.2, 0) is 6.54 Å². The van der Waals surface area contributed by atoms with Gasteiger partial charge in [-0.1, -0.05) is 36.4 Å². The molecule has 0 fully saturated rings. The summed E-state index contributed by atoms with van der Waals surface area (Å²) in [4.78, 5) is 31.4. The molecule has 1 aromatic heterocycles. The molecule has 1 N–H and O–H groups in total. The van der Waals surface area contributed by atoms with Gasteiger partial charge in [-0.25, -0.2) is 4.98 Å². The van der Waals surface area contributed by atoms with Crippen molar-refractivity contribution in [1.29, 1.82) is 0 Å². The van der Waals surface area contributed by atoms with Gasteiger partial charge in [-0.05, 0) is 52.3 Å². The van der Waals surface area contributed by atoms with Gasteiger partial charge in [0.2, 0.25) is 0 Å². The van der Waals surface area contributed by atoms with Crippen LogP contribution in [0.1, 0.15) is 61.2 Å². The summed E-state index contributed by atoms with van der Waals surface area (Å²) < 4.78 is 0. The smallest absolute Gasteiger partial charge is 0.273 e. The summed E-state index contributed by atoms with van der Waals surface area (Å²) in [6.45, 7) is 10.1. The highest BCUT2D eigenvalue weighted by Gasteiger charge is 2.22. The van der Waals surface area contributed by atoms with Gasteiger partial charge in [0.1, 0.15) is 11.4 Å². The second kappa shape index (κ2) is 8.13. The van der Waals surface area contributed by atoms with E-state index in [1.54, 1.807) is 23.1 Å². The van der Waals surface area contributed by atoms with E-state index in [0.29, 0.717) is 6.54 Å². The summed E-state index contributed by atoms with van der Waals surface area (Å²) in [6, 6.07) is 14.8. The van der Waals surface area contributed by atoms with Gasteiger partial charge < -0.3 is 10.2 Å². The molecule has 2 rings (SSSR count). The second-order valence-electron chi connectivity index (χ2n) is 7.62. The van der Waals surface area contributed by atoms with E-state index in [1.165, 1.54) is 0 Å². The maximum absolute atomic E-state index is 13.0. The Hall–Kier alpha value is -2.69. The molecule has 0 bridgehead atoms. The number of aromatic nitrogens is 1. The fraction of sp³-hybridized carbons (Fsp3) is 0.381. The quantitative estimate of drug-likeness (QED) is 0.892. The highest BCUT2D eigenvalue weighted by atomic mass is 16.2. The standard InChI is InChI=1S/C21H27N3O2/c1-15(2)24(14-16-10-7-6-8-11-16)20(26)18-13-9-12-17(22-18)19(25)23-21(3,4)5/h6-13,15H,14H2,1-5H3,(H,23,25). The van der Waals surface area contributed by atoms with Gasteiger partial charge in [-0.15, -0.1) is 0 Å². The molecule has 0 radical (unpaired) electrons. The average molecular weight is 353 g/mol. The molecule has 1 aromatic carbocycles.